The summed E-state index contributed by atoms with van der Waals surface area (Å²) in [5, 5.41) is 7.74. The van der Waals surface area contributed by atoms with Crippen LogP contribution in [0.1, 0.15) is 12.8 Å². The van der Waals surface area contributed by atoms with Crippen molar-refractivity contribution in [3.8, 4) is 0 Å². The van der Waals surface area contributed by atoms with Crippen molar-refractivity contribution in [2.75, 3.05) is 26.3 Å². The first kappa shape index (κ1) is 12.4. The van der Waals surface area contributed by atoms with Gasteiger partial charge in [0.15, 0.2) is 0 Å². The molecule has 0 amide bonds. The van der Waals surface area contributed by atoms with Gasteiger partial charge in [-0.25, -0.2) is 0 Å². The minimum absolute atomic E-state index is 0.0153. The van der Waals surface area contributed by atoms with Crippen LogP contribution < -0.4 is 0 Å². The third-order valence-corrected chi connectivity index (χ3v) is 3.17. The standard InChI is InChI=1S/C11H15F3N2O/c12-11(13,14)8-1-2-10(9(15)7-8)16-3-5-17-6-4-16/h2,8,15H,1,3-7H2. The number of morpholine rings is 1. The highest BCUT2D eigenvalue weighted by atomic mass is 19.4. The van der Waals surface area contributed by atoms with E-state index in [1.807, 2.05) is 4.90 Å². The normalized spacial score (nSPS) is 27.0. The van der Waals surface area contributed by atoms with Gasteiger partial charge in [-0.05, 0) is 6.42 Å². The summed E-state index contributed by atoms with van der Waals surface area (Å²) in [6, 6.07) is 0. The molecule has 1 N–H and O–H groups in total. The van der Waals surface area contributed by atoms with Crippen molar-refractivity contribution in [2.45, 2.75) is 19.0 Å². The van der Waals surface area contributed by atoms with Gasteiger partial charge >= 0.3 is 6.18 Å². The topological polar surface area (TPSA) is 36.3 Å². The largest absolute Gasteiger partial charge is 0.392 e. The molecule has 1 unspecified atom stereocenters. The number of rotatable bonds is 1. The zero-order valence-corrected chi connectivity index (χ0v) is 9.39. The van der Waals surface area contributed by atoms with Gasteiger partial charge in [0, 0.05) is 19.5 Å². The molecule has 96 valence electrons. The van der Waals surface area contributed by atoms with Gasteiger partial charge in [-0.2, -0.15) is 13.2 Å². The van der Waals surface area contributed by atoms with Crippen LogP contribution in [0.4, 0.5) is 13.2 Å². The fraction of sp³-hybridized carbons (Fsp3) is 0.727. The zero-order chi connectivity index (χ0) is 12.5. The average molecular weight is 248 g/mol. The Kier molecular flexibility index (Phi) is 3.42. The van der Waals surface area contributed by atoms with Crippen molar-refractivity contribution in [2.24, 2.45) is 5.92 Å². The van der Waals surface area contributed by atoms with Crippen molar-refractivity contribution in [3.63, 3.8) is 0 Å². The first-order valence-corrected chi connectivity index (χ1v) is 5.66. The quantitative estimate of drug-likeness (QED) is 0.772. The van der Waals surface area contributed by atoms with Gasteiger partial charge in [0.1, 0.15) is 0 Å². The van der Waals surface area contributed by atoms with Crippen LogP contribution in [0.5, 0.6) is 0 Å². The van der Waals surface area contributed by atoms with Crippen LogP contribution in [-0.2, 0) is 4.74 Å². The molecule has 0 aromatic heterocycles. The lowest BCUT2D eigenvalue weighted by Gasteiger charge is -2.34. The van der Waals surface area contributed by atoms with Gasteiger partial charge in [-0.15, -0.1) is 0 Å². The monoisotopic (exact) mass is 248 g/mol. The Balaban J connectivity index is 2.05. The summed E-state index contributed by atoms with van der Waals surface area (Å²) in [4.78, 5) is 1.94. The van der Waals surface area contributed by atoms with E-state index in [0.717, 1.165) is 0 Å². The molecule has 0 aromatic carbocycles. The minimum atomic E-state index is -4.20. The SMILES string of the molecule is N=C1CC(C(F)(F)F)CC=C1N1CCOCC1. The highest BCUT2D eigenvalue weighted by molar-refractivity contribution is 5.98. The Bertz CT molecular complexity index is 332. The number of ether oxygens (including phenoxy) is 1. The predicted molar refractivity (Wildman–Crippen MR) is 57.0 cm³/mol. The van der Waals surface area contributed by atoms with E-state index in [1.54, 1.807) is 6.08 Å². The van der Waals surface area contributed by atoms with Crippen LogP contribution >= 0.6 is 0 Å². The number of nitrogens with zero attached hydrogens (tertiary/aromatic N) is 1. The number of halogens is 3. The van der Waals surface area contributed by atoms with Gasteiger partial charge in [0.2, 0.25) is 0 Å². The molecule has 1 aliphatic heterocycles. The predicted octanol–water partition coefficient (Wildman–Crippen LogP) is 2.19. The van der Waals surface area contributed by atoms with E-state index in [4.69, 9.17) is 10.1 Å². The minimum Gasteiger partial charge on any atom is -0.378 e. The van der Waals surface area contributed by atoms with Gasteiger partial charge in [0.05, 0.1) is 30.5 Å². The van der Waals surface area contributed by atoms with Crippen LogP contribution in [0.25, 0.3) is 0 Å². The van der Waals surface area contributed by atoms with Crippen molar-refractivity contribution >= 4 is 5.71 Å². The molecule has 1 atom stereocenters. The first-order valence-electron chi connectivity index (χ1n) is 5.66. The van der Waals surface area contributed by atoms with Crippen molar-refractivity contribution in [3.05, 3.63) is 11.8 Å². The van der Waals surface area contributed by atoms with Crippen LogP contribution in [0.3, 0.4) is 0 Å². The Morgan fingerprint density at radius 1 is 1.29 bits per heavy atom. The van der Waals surface area contributed by atoms with Crippen LogP contribution in [0.2, 0.25) is 0 Å². The molecular formula is C11H15F3N2O. The Morgan fingerprint density at radius 3 is 2.47 bits per heavy atom. The Labute approximate surface area is 97.7 Å². The maximum atomic E-state index is 12.5. The summed E-state index contributed by atoms with van der Waals surface area (Å²) >= 11 is 0. The molecular weight excluding hydrogens is 233 g/mol. The fourth-order valence-electron chi connectivity index (χ4n) is 2.18. The Morgan fingerprint density at radius 2 is 1.94 bits per heavy atom. The second-order valence-electron chi connectivity index (χ2n) is 4.35. The smallest absolute Gasteiger partial charge is 0.378 e. The van der Waals surface area contributed by atoms with E-state index < -0.39 is 12.1 Å². The first-order chi connectivity index (χ1) is 7.98. The molecule has 0 aromatic rings. The van der Waals surface area contributed by atoms with Gasteiger partial charge in [-0.1, -0.05) is 6.08 Å². The highest BCUT2D eigenvalue weighted by Gasteiger charge is 2.41. The summed E-state index contributed by atoms with van der Waals surface area (Å²) in [5.41, 5.74) is 0.759. The highest BCUT2D eigenvalue weighted by Crippen LogP contribution is 2.36. The molecule has 2 rings (SSSR count). The maximum absolute atomic E-state index is 12.5. The van der Waals surface area contributed by atoms with E-state index in [-0.39, 0.29) is 18.6 Å². The molecule has 3 nitrogen and oxygen atoms in total. The molecule has 1 saturated heterocycles. The van der Waals surface area contributed by atoms with E-state index >= 15 is 0 Å². The molecule has 1 heterocycles. The number of hydrogen-bond donors (Lipinski definition) is 1. The fourth-order valence-corrected chi connectivity index (χ4v) is 2.18. The summed E-state index contributed by atoms with van der Waals surface area (Å²) in [7, 11) is 0. The molecule has 0 spiro atoms. The summed E-state index contributed by atoms with van der Waals surface area (Å²) in [5.74, 6) is -1.39. The molecule has 0 saturated carbocycles. The summed E-state index contributed by atoms with van der Waals surface area (Å²) < 4.78 is 42.8. The Hall–Kier alpha value is -1.04. The molecule has 0 bridgehead atoms. The van der Waals surface area contributed by atoms with Gasteiger partial charge in [0.25, 0.3) is 0 Å². The van der Waals surface area contributed by atoms with Crippen molar-refractivity contribution < 1.29 is 17.9 Å². The molecule has 2 aliphatic rings. The second kappa shape index (κ2) is 4.68. The van der Waals surface area contributed by atoms with E-state index in [0.29, 0.717) is 32.0 Å². The second-order valence-corrected chi connectivity index (χ2v) is 4.35. The summed E-state index contributed by atoms with van der Waals surface area (Å²) in [6.07, 6.45) is -2.86. The number of nitrogens with one attached hydrogen (secondary N) is 1. The van der Waals surface area contributed by atoms with E-state index in [1.165, 1.54) is 0 Å². The van der Waals surface area contributed by atoms with E-state index in [2.05, 4.69) is 0 Å². The molecule has 1 aliphatic carbocycles. The third-order valence-electron chi connectivity index (χ3n) is 3.17. The zero-order valence-electron chi connectivity index (χ0n) is 9.39. The molecule has 17 heavy (non-hydrogen) atoms. The van der Waals surface area contributed by atoms with Gasteiger partial charge < -0.3 is 15.0 Å². The lowest BCUT2D eigenvalue weighted by Crippen LogP contribution is -2.40. The van der Waals surface area contributed by atoms with Gasteiger partial charge in [-0.3, -0.25) is 0 Å². The van der Waals surface area contributed by atoms with Crippen molar-refractivity contribution in [1.29, 1.82) is 5.41 Å². The summed E-state index contributed by atoms with van der Waals surface area (Å²) in [6.45, 7) is 2.47. The average Bonchev–Trinajstić information content (AvgIpc) is 2.29. The number of allylic oxidation sites excluding steroid dienone is 2. The maximum Gasteiger partial charge on any atom is 0.392 e. The van der Waals surface area contributed by atoms with Crippen LogP contribution in [-0.4, -0.2) is 43.1 Å². The van der Waals surface area contributed by atoms with E-state index in [9.17, 15) is 13.2 Å². The van der Waals surface area contributed by atoms with Crippen LogP contribution in [0.15, 0.2) is 11.8 Å². The number of hydrogen-bond acceptors (Lipinski definition) is 3. The van der Waals surface area contributed by atoms with Crippen molar-refractivity contribution in [1.82, 2.24) is 4.90 Å². The number of alkyl halides is 3. The molecule has 0 radical (unpaired) electrons. The third kappa shape index (κ3) is 2.80. The molecule has 6 heteroatoms. The lowest BCUT2D eigenvalue weighted by molar-refractivity contribution is -0.172. The van der Waals surface area contributed by atoms with Crippen LogP contribution in [0, 0.1) is 11.3 Å². The lowest BCUT2D eigenvalue weighted by atomic mass is 9.90. The molecule has 1 fully saturated rings.